The number of rotatable bonds is 8. The van der Waals surface area contributed by atoms with Gasteiger partial charge in [-0.1, -0.05) is 25.4 Å². The Balaban J connectivity index is 2.34. The molecule has 1 aromatic heterocycles. The van der Waals surface area contributed by atoms with Crippen LogP contribution in [0.5, 0.6) is 0 Å². The number of pyridine rings is 1. The fourth-order valence-corrected chi connectivity index (χ4v) is 1.72. The Morgan fingerprint density at radius 2 is 2.15 bits per heavy atom. The predicted octanol–water partition coefficient (Wildman–Crippen LogP) is 2.57. The Morgan fingerprint density at radius 1 is 1.40 bits per heavy atom. The quantitative estimate of drug-likeness (QED) is 0.572. The van der Waals surface area contributed by atoms with Crippen LogP contribution in [-0.4, -0.2) is 37.7 Å². The second-order valence-electron chi connectivity index (χ2n) is 4.86. The Morgan fingerprint density at radius 3 is 2.80 bits per heavy atom. The van der Waals surface area contributed by atoms with Crippen LogP contribution in [0.2, 0.25) is 5.15 Å². The van der Waals surface area contributed by atoms with Crippen molar-refractivity contribution < 1.29 is 9.53 Å². The van der Waals surface area contributed by atoms with Crippen molar-refractivity contribution in [1.82, 2.24) is 10.3 Å². The number of aromatic nitrogens is 1. The molecule has 0 spiro atoms. The van der Waals surface area contributed by atoms with Crippen LogP contribution >= 0.6 is 11.6 Å². The van der Waals surface area contributed by atoms with Gasteiger partial charge < -0.3 is 15.4 Å². The van der Waals surface area contributed by atoms with Gasteiger partial charge in [-0.3, -0.25) is 4.79 Å². The highest BCUT2D eigenvalue weighted by Gasteiger charge is 2.08. The number of carbonyl (C=O) groups excluding carboxylic acids is 1. The van der Waals surface area contributed by atoms with E-state index in [-0.39, 0.29) is 11.1 Å². The fourth-order valence-electron chi connectivity index (χ4n) is 1.52. The van der Waals surface area contributed by atoms with Crippen LogP contribution in [0.15, 0.2) is 12.1 Å². The van der Waals surface area contributed by atoms with E-state index in [4.69, 9.17) is 16.3 Å². The molecule has 1 heterocycles. The van der Waals surface area contributed by atoms with Crippen LogP contribution in [0.4, 0.5) is 5.82 Å². The van der Waals surface area contributed by atoms with Crippen LogP contribution in [0.3, 0.4) is 0 Å². The normalized spacial score (nSPS) is 10.7. The fraction of sp³-hybridized carbons (Fsp3) is 0.571. The molecule has 0 aliphatic carbocycles. The van der Waals surface area contributed by atoms with Crippen LogP contribution in [-0.2, 0) is 4.74 Å². The first-order chi connectivity index (χ1) is 9.52. The molecule has 5 nitrogen and oxygen atoms in total. The molecule has 20 heavy (non-hydrogen) atoms. The molecule has 0 saturated carbocycles. The molecule has 1 aromatic rings. The van der Waals surface area contributed by atoms with Crippen LogP contribution in [0.25, 0.3) is 0 Å². The topological polar surface area (TPSA) is 63.2 Å². The smallest absolute Gasteiger partial charge is 0.251 e. The Hall–Kier alpha value is -1.33. The van der Waals surface area contributed by atoms with Crippen LogP contribution < -0.4 is 10.6 Å². The highest BCUT2D eigenvalue weighted by Crippen LogP contribution is 2.13. The second-order valence-corrected chi connectivity index (χ2v) is 5.25. The number of nitrogens with zero attached hydrogens (tertiary/aromatic N) is 1. The number of hydrogen-bond donors (Lipinski definition) is 2. The monoisotopic (exact) mass is 299 g/mol. The summed E-state index contributed by atoms with van der Waals surface area (Å²) in [6, 6.07) is 3.19. The molecule has 1 amide bonds. The highest BCUT2D eigenvalue weighted by molar-refractivity contribution is 6.29. The Bertz CT molecular complexity index is 438. The molecule has 6 heteroatoms. The maximum Gasteiger partial charge on any atom is 0.251 e. The number of hydrogen-bond acceptors (Lipinski definition) is 4. The molecule has 1 rings (SSSR count). The summed E-state index contributed by atoms with van der Waals surface area (Å²) in [6.45, 7) is 6.01. The van der Waals surface area contributed by atoms with Crippen LogP contribution in [0.1, 0.15) is 30.6 Å². The third-order valence-corrected chi connectivity index (χ3v) is 2.88. The van der Waals surface area contributed by atoms with E-state index in [9.17, 15) is 4.79 Å². The highest BCUT2D eigenvalue weighted by atomic mass is 35.5. The van der Waals surface area contributed by atoms with Crippen LogP contribution in [0, 0.1) is 5.92 Å². The largest absolute Gasteiger partial charge is 0.380 e. The lowest BCUT2D eigenvalue weighted by molar-refractivity contribution is 0.0906. The van der Waals surface area contributed by atoms with E-state index in [1.54, 1.807) is 13.1 Å². The lowest BCUT2D eigenvalue weighted by atomic mass is 10.1. The number of nitrogens with one attached hydrogen (secondary N) is 2. The molecule has 112 valence electrons. The van der Waals surface area contributed by atoms with Gasteiger partial charge in [0.1, 0.15) is 11.0 Å². The maximum absolute atomic E-state index is 11.9. The summed E-state index contributed by atoms with van der Waals surface area (Å²) in [6.07, 6.45) is 1.03. The Labute approximate surface area is 125 Å². The van der Waals surface area contributed by atoms with E-state index in [1.165, 1.54) is 6.07 Å². The molecule has 0 aliphatic rings. The number of amides is 1. The van der Waals surface area contributed by atoms with Gasteiger partial charge in [0.15, 0.2) is 0 Å². The minimum absolute atomic E-state index is 0.182. The van der Waals surface area contributed by atoms with Gasteiger partial charge in [0.05, 0.1) is 6.61 Å². The van der Waals surface area contributed by atoms with E-state index in [1.807, 2.05) is 0 Å². The number of anilines is 1. The van der Waals surface area contributed by atoms with Gasteiger partial charge in [-0.25, -0.2) is 4.98 Å². The van der Waals surface area contributed by atoms with Gasteiger partial charge in [0.2, 0.25) is 0 Å². The molecule has 0 radical (unpaired) electrons. The SMILES string of the molecule is CNc1cc(C(=O)NCCOCCC(C)C)cc(Cl)n1. The van der Waals surface area contributed by atoms with Crippen molar-refractivity contribution in [2.75, 3.05) is 32.1 Å². The van der Waals surface area contributed by atoms with Crippen molar-refractivity contribution in [3.8, 4) is 0 Å². The van der Waals surface area contributed by atoms with Gasteiger partial charge >= 0.3 is 0 Å². The molecule has 0 atom stereocenters. The summed E-state index contributed by atoms with van der Waals surface area (Å²) >= 11 is 5.85. The molecule has 0 unspecified atom stereocenters. The zero-order valence-electron chi connectivity index (χ0n) is 12.2. The standard InChI is InChI=1S/C14H22ClN3O2/c1-10(2)4-6-20-7-5-17-14(19)11-8-12(15)18-13(9-11)16-3/h8-10H,4-7H2,1-3H3,(H,16,18)(H,17,19). The van der Waals surface area contributed by atoms with Gasteiger partial charge in [0, 0.05) is 25.8 Å². The lowest BCUT2D eigenvalue weighted by Gasteiger charge is -2.09. The zero-order valence-corrected chi connectivity index (χ0v) is 13.0. The van der Waals surface area contributed by atoms with E-state index in [2.05, 4.69) is 29.5 Å². The van der Waals surface area contributed by atoms with Crippen molar-refractivity contribution in [2.24, 2.45) is 5.92 Å². The minimum atomic E-state index is -0.182. The molecule has 2 N–H and O–H groups in total. The zero-order chi connectivity index (χ0) is 15.0. The van der Waals surface area contributed by atoms with Gasteiger partial charge in [-0.15, -0.1) is 0 Å². The second kappa shape index (κ2) is 8.76. The average Bonchev–Trinajstić information content (AvgIpc) is 2.41. The van der Waals surface area contributed by atoms with E-state index in [0.29, 0.717) is 30.5 Å². The molecule has 0 bridgehead atoms. The van der Waals surface area contributed by atoms with Crippen molar-refractivity contribution in [1.29, 1.82) is 0 Å². The molecule has 0 fully saturated rings. The number of ether oxygens (including phenoxy) is 1. The first kappa shape index (κ1) is 16.7. The number of carbonyl (C=O) groups is 1. The van der Waals surface area contributed by atoms with Gasteiger partial charge in [-0.05, 0) is 24.5 Å². The summed E-state index contributed by atoms with van der Waals surface area (Å²) < 4.78 is 5.43. The molecule has 0 saturated heterocycles. The number of halogens is 1. The van der Waals surface area contributed by atoms with Gasteiger partial charge in [-0.2, -0.15) is 0 Å². The van der Waals surface area contributed by atoms with Crippen molar-refractivity contribution in [2.45, 2.75) is 20.3 Å². The Kier molecular flexibility index (Phi) is 7.33. The van der Waals surface area contributed by atoms with Crippen molar-refractivity contribution >= 4 is 23.3 Å². The minimum Gasteiger partial charge on any atom is -0.380 e. The predicted molar refractivity (Wildman–Crippen MR) is 81.4 cm³/mol. The summed E-state index contributed by atoms with van der Waals surface area (Å²) in [5, 5.41) is 5.93. The molecule has 0 aromatic carbocycles. The maximum atomic E-state index is 11.9. The van der Waals surface area contributed by atoms with Crippen molar-refractivity contribution in [3.63, 3.8) is 0 Å². The van der Waals surface area contributed by atoms with E-state index >= 15 is 0 Å². The van der Waals surface area contributed by atoms with Crippen molar-refractivity contribution in [3.05, 3.63) is 22.8 Å². The molecular formula is C14H22ClN3O2. The first-order valence-electron chi connectivity index (χ1n) is 6.74. The summed E-state index contributed by atoms with van der Waals surface area (Å²) in [5.41, 5.74) is 0.483. The lowest BCUT2D eigenvalue weighted by Crippen LogP contribution is -2.27. The average molecular weight is 300 g/mol. The van der Waals surface area contributed by atoms with Gasteiger partial charge in [0.25, 0.3) is 5.91 Å². The van der Waals surface area contributed by atoms with E-state index < -0.39 is 0 Å². The molecular weight excluding hydrogens is 278 g/mol. The summed E-state index contributed by atoms with van der Waals surface area (Å²) in [4.78, 5) is 15.9. The summed E-state index contributed by atoms with van der Waals surface area (Å²) in [7, 11) is 1.73. The third kappa shape index (κ3) is 6.21. The first-order valence-corrected chi connectivity index (χ1v) is 7.12. The van der Waals surface area contributed by atoms with E-state index in [0.717, 1.165) is 13.0 Å². The summed E-state index contributed by atoms with van der Waals surface area (Å²) in [5.74, 6) is 1.01. The third-order valence-electron chi connectivity index (χ3n) is 2.68. The molecule has 0 aliphatic heterocycles.